The number of benzene rings is 2. The van der Waals surface area contributed by atoms with Gasteiger partial charge in [-0.05, 0) is 43.2 Å². The molecule has 0 bridgehead atoms. The Morgan fingerprint density at radius 3 is 2.63 bits per heavy atom. The van der Waals surface area contributed by atoms with Crippen molar-refractivity contribution in [2.24, 2.45) is 5.10 Å². The number of hydrogen-bond donors (Lipinski definition) is 1. The second kappa shape index (κ2) is 9.03. The molecule has 140 valence electrons. The molecule has 0 saturated heterocycles. The minimum absolute atomic E-state index is 0.245. The van der Waals surface area contributed by atoms with E-state index in [1.165, 1.54) is 5.52 Å². The van der Waals surface area contributed by atoms with Crippen LogP contribution in [0.3, 0.4) is 0 Å². The minimum atomic E-state index is -0.245. The van der Waals surface area contributed by atoms with Gasteiger partial charge in [-0.25, -0.2) is 5.43 Å². The van der Waals surface area contributed by atoms with Gasteiger partial charge in [0.1, 0.15) is 5.75 Å². The van der Waals surface area contributed by atoms with Crippen molar-refractivity contribution in [1.29, 1.82) is 0 Å². The number of para-hydroxylation sites is 1. The molecule has 0 radical (unpaired) electrons. The largest absolute Gasteiger partial charge is 0.494 e. The molecule has 3 rings (SSSR count). The molecule has 27 heavy (non-hydrogen) atoms. The Morgan fingerprint density at radius 2 is 1.89 bits per heavy atom. The molecule has 0 aliphatic carbocycles. The van der Waals surface area contributed by atoms with E-state index >= 15 is 0 Å². The summed E-state index contributed by atoms with van der Waals surface area (Å²) in [4.78, 5) is 12.3. The van der Waals surface area contributed by atoms with E-state index in [4.69, 9.17) is 4.74 Å². The van der Waals surface area contributed by atoms with Crippen LogP contribution in [0.1, 0.15) is 42.6 Å². The summed E-state index contributed by atoms with van der Waals surface area (Å²) in [5, 5.41) is 5.27. The van der Waals surface area contributed by atoms with Crippen LogP contribution in [0.15, 0.2) is 59.8 Å². The summed E-state index contributed by atoms with van der Waals surface area (Å²) in [6, 6.07) is 15.3. The van der Waals surface area contributed by atoms with E-state index < -0.39 is 0 Å². The third-order valence-corrected chi connectivity index (χ3v) is 4.24. The van der Waals surface area contributed by atoms with Crippen molar-refractivity contribution in [3.05, 3.63) is 65.9 Å². The van der Waals surface area contributed by atoms with Crippen molar-refractivity contribution in [3.8, 4) is 5.75 Å². The average Bonchev–Trinajstić information content (AvgIpc) is 3.05. The number of aromatic nitrogens is 1. The lowest BCUT2D eigenvalue weighted by Crippen LogP contribution is -2.17. The lowest BCUT2D eigenvalue weighted by Gasteiger charge is -2.05. The zero-order valence-corrected chi connectivity index (χ0v) is 15.8. The zero-order chi connectivity index (χ0) is 19.1. The molecule has 0 aliphatic rings. The van der Waals surface area contributed by atoms with Crippen molar-refractivity contribution >= 4 is 23.0 Å². The van der Waals surface area contributed by atoms with Crippen LogP contribution in [-0.4, -0.2) is 23.3 Å². The highest BCUT2D eigenvalue weighted by Gasteiger charge is 2.07. The fourth-order valence-electron chi connectivity index (χ4n) is 2.95. The van der Waals surface area contributed by atoms with Gasteiger partial charge in [-0.15, -0.1) is 0 Å². The van der Waals surface area contributed by atoms with E-state index in [1.807, 2.05) is 12.1 Å². The Balaban J connectivity index is 1.68. The van der Waals surface area contributed by atoms with Crippen molar-refractivity contribution in [3.63, 3.8) is 0 Å². The van der Waals surface area contributed by atoms with Gasteiger partial charge in [0.05, 0.1) is 12.8 Å². The molecular formula is C22H25N3O2. The lowest BCUT2D eigenvalue weighted by atomic mass is 10.2. The minimum Gasteiger partial charge on any atom is -0.494 e. The predicted octanol–water partition coefficient (Wildman–Crippen LogP) is 4.60. The molecule has 2 aromatic carbocycles. The number of carbonyl (C=O) groups excluding carboxylic acids is 1. The highest BCUT2D eigenvalue weighted by atomic mass is 16.5. The second-order valence-electron chi connectivity index (χ2n) is 6.37. The summed E-state index contributed by atoms with van der Waals surface area (Å²) < 4.78 is 7.74. The van der Waals surface area contributed by atoms with Crippen molar-refractivity contribution in [2.45, 2.75) is 33.2 Å². The van der Waals surface area contributed by atoms with Gasteiger partial charge in [-0.2, -0.15) is 5.10 Å². The quantitative estimate of drug-likeness (QED) is 0.469. The normalized spacial score (nSPS) is 11.2. The number of fused-ring (bicyclic) bond motifs is 1. The van der Waals surface area contributed by atoms with E-state index in [0.717, 1.165) is 36.1 Å². The van der Waals surface area contributed by atoms with Gasteiger partial charge in [-0.3, -0.25) is 4.79 Å². The van der Waals surface area contributed by atoms with Crippen molar-refractivity contribution < 1.29 is 9.53 Å². The molecule has 1 N–H and O–H groups in total. The van der Waals surface area contributed by atoms with Gasteiger partial charge in [0.15, 0.2) is 0 Å². The average molecular weight is 363 g/mol. The summed E-state index contributed by atoms with van der Waals surface area (Å²) >= 11 is 0. The molecule has 1 amide bonds. The van der Waals surface area contributed by atoms with Gasteiger partial charge in [-0.1, -0.05) is 32.0 Å². The van der Waals surface area contributed by atoms with Crippen LogP contribution in [0, 0.1) is 0 Å². The summed E-state index contributed by atoms with van der Waals surface area (Å²) in [7, 11) is 0. The fourth-order valence-corrected chi connectivity index (χ4v) is 2.95. The van der Waals surface area contributed by atoms with Crippen LogP contribution in [0.5, 0.6) is 5.75 Å². The van der Waals surface area contributed by atoms with E-state index in [0.29, 0.717) is 12.2 Å². The summed E-state index contributed by atoms with van der Waals surface area (Å²) in [6.07, 6.45) is 5.78. The monoisotopic (exact) mass is 363 g/mol. The van der Waals surface area contributed by atoms with Crippen LogP contribution < -0.4 is 10.2 Å². The molecule has 0 aliphatic heterocycles. The zero-order valence-electron chi connectivity index (χ0n) is 15.8. The molecule has 0 unspecified atom stereocenters. The third-order valence-electron chi connectivity index (χ3n) is 4.24. The van der Waals surface area contributed by atoms with Crippen molar-refractivity contribution in [1.82, 2.24) is 9.99 Å². The first-order valence-electron chi connectivity index (χ1n) is 9.37. The molecule has 0 atom stereocenters. The van der Waals surface area contributed by atoms with Gasteiger partial charge in [0.25, 0.3) is 5.91 Å². The highest BCUT2D eigenvalue weighted by molar-refractivity contribution is 6.00. The second-order valence-corrected chi connectivity index (χ2v) is 6.37. The molecule has 3 aromatic rings. The Labute approximate surface area is 159 Å². The number of aryl methyl sites for hydroxylation is 1. The molecule has 0 spiro atoms. The molecule has 5 heteroatoms. The maximum atomic E-state index is 12.3. The van der Waals surface area contributed by atoms with Crippen LogP contribution in [-0.2, 0) is 6.54 Å². The number of hydrogen-bond acceptors (Lipinski definition) is 3. The maximum Gasteiger partial charge on any atom is 0.271 e. The van der Waals surface area contributed by atoms with E-state index in [2.05, 4.69) is 47.3 Å². The smallest absolute Gasteiger partial charge is 0.271 e. The van der Waals surface area contributed by atoms with E-state index in [9.17, 15) is 4.79 Å². The van der Waals surface area contributed by atoms with Gasteiger partial charge < -0.3 is 9.30 Å². The Hall–Kier alpha value is -3.08. The summed E-state index contributed by atoms with van der Waals surface area (Å²) in [6.45, 7) is 5.83. The lowest BCUT2D eigenvalue weighted by molar-refractivity contribution is 0.0955. The SMILES string of the molecule is CCCOc1ccc(C(=O)N/N=C/c2cn(CCC)c3ccccc23)cc1. The molecule has 1 heterocycles. The number of ether oxygens (including phenoxy) is 1. The number of nitrogens with one attached hydrogen (secondary N) is 1. The first-order valence-corrected chi connectivity index (χ1v) is 9.37. The van der Waals surface area contributed by atoms with Crippen LogP contribution in [0.4, 0.5) is 0 Å². The predicted molar refractivity (Wildman–Crippen MR) is 110 cm³/mol. The fraction of sp³-hybridized carbons (Fsp3) is 0.273. The number of hydrazone groups is 1. The van der Waals surface area contributed by atoms with Crippen LogP contribution in [0.25, 0.3) is 10.9 Å². The Kier molecular flexibility index (Phi) is 6.26. The Bertz CT molecular complexity index is 926. The maximum absolute atomic E-state index is 12.3. The molecule has 1 aromatic heterocycles. The van der Waals surface area contributed by atoms with Gasteiger partial charge in [0.2, 0.25) is 0 Å². The summed E-state index contributed by atoms with van der Waals surface area (Å²) in [5.41, 5.74) is 5.31. The van der Waals surface area contributed by atoms with Gasteiger partial charge >= 0.3 is 0 Å². The molecule has 0 saturated carbocycles. The highest BCUT2D eigenvalue weighted by Crippen LogP contribution is 2.20. The van der Waals surface area contributed by atoms with Crippen LogP contribution >= 0.6 is 0 Å². The standard InChI is InChI=1S/C22H25N3O2/c1-3-13-25-16-18(20-7-5-6-8-21(20)25)15-23-24-22(26)17-9-11-19(12-10-17)27-14-4-2/h5-12,15-16H,3-4,13-14H2,1-2H3,(H,24,26)/b23-15+. The van der Waals surface area contributed by atoms with E-state index in [1.54, 1.807) is 30.5 Å². The third kappa shape index (κ3) is 4.56. The molecule has 0 fully saturated rings. The van der Waals surface area contributed by atoms with E-state index in [-0.39, 0.29) is 5.91 Å². The first-order chi connectivity index (χ1) is 13.2. The Morgan fingerprint density at radius 1 is 1.11 bits per heavy atom. The molecular weight excluding hydrogens is 338 g/mol. The first kappa shape index (κ1) is 18.7. The number of amides is 1. The number of nitrogens with zero attached hydrogens (tertiary/aromatic N) is 2. The van der Waals surface area contributed by atoms with Crippen molar-refractivity contribution in [2.75, 3.05) is 6.61 Å². The topological polar surface area (TPSA) is 55.6 Å². The van der Waals surface area contributed by atoms with Crippen LogP contribution in [0.2, 0.25) is 0 Å². The summed E-state index contributed by atoms with van der Waals surface area (Å²) in [5.74, 6) is 0.520. The number of rotatable bonds is 8. The van der Waals surface area contributed by atoms with Gasteiger partial charge in [0, 0.05) is 34.8 Å². The molecule has 5 nitrogen and oxygen atoms in total. The number of carbonyl (C=O) groups is 1.